The minimum Gasteiger partial charge on any atom is -0.478 e. The molecule has 4 heteroatoms. The van der Waals surface area contributed by atoms with Crippen LogP contribution in [-0.4, -0.2) is 11.1 Å². The van der Waals surface area contributed by atoms with Gasteiger partial charge >= 0.3 is 5.97 Å². The van der Waals surface area contributed by atoms with E-state index in [9.17, 15) is 4.79 Å². The lowest BCUT2D eigenvalue weighted by molar-refractivity contribution is 0.0696. The van der Waals surface area contributed by atoms with Crippen LogP contribution >= 0.6 is 15.9 Å². The molecule has 13 heavy (non-hydrogen) atoms. The molecule has 0 saturated carbocycles. The first kappa shape index (κ1) is 9.75. The third kappa shape index (κ3) is 2.56. The van der Waals surface area contributed by atoms with E-state index in [1.54, 1.807) is 6.07 Å². The zero-order chi connectivity index (χ0) is 9.84. The van der Waals surface area contributed by atoms with Crippen LogP contribution in [0.1, 0.15) is 15.9 Å². The molecule has 0 aliphatic carbocycles. The zero-order valence-corrected chi connectivity index (χ0v) is 8.21. The van der Waals surface area contributed by atoms with Crippen molar-refractivity contribution in [2.45, 2.75) is 6.42 Å². The molecule has 0 atom stereocenters. The van der Waals surface area contributed by atoms with Gasteiger partial charge in [0.1, 0.15) is 0 Å². The molecule has 0 saturated heterocycles. The Hall–Kier alpha value is -1.34. The number of hydrogen-bond donors (Lipinski definition) is 1. The summed E-state index contributed by atoms with van der Waals surface area (Å²) in [6, 6.07) is 6.69. The lowest BCUT2D eigenvalue weighted by atomic mass is 10.1. The van der Waals surface area contributed by atoms with Crippen molar-refractivity contribution in [1.82, 2.24) is 0 Å². The van der Waals surface area contributed by atoms with Crippen molar-refractivity contribution in [2.24, 2.45) is 0 Å². The van der Waals surface area contributed by atoms with Gasteiger partial charge in [-0.2, -0.15) is 5.26 Å². The van der Waals surface area contributed by atoms with Gasteiger partial charge in [0.25, 0.3) is 0 Å². The van der Waals surface area contributed by atoms with Gasteiger partial charge in [0.15, 0.2) is 0 Å². The van der Waals surface area contributed by atoms with Crippen LogP contribution in [0, 0.1) is 11.3 Å². The number of halogens is 1. The maximum absolute atomic E-state index is 10.6. The quantitative estimate of drug-likeness (QED) is 0.861. The summed E-state index contributed by atoms with van der Waals surface area (Å²) in [5, 5.41) is 17.1. The second-order valence-corrected chi connectivity index (χ2v) is 3.40. The highest BCUT2D eigenvalue weighted by Crippen LogP contribution is 2.16. The molecule has 0 unspecified atom stereocenters. The summed E-state index contributed by atoms with van der Waals surface area (Å²) in [4.78, 5) is 10.6. The van der Waals surface area contributed by atoms with Gasteiger partial charge in [-0.05, 0) is 23.8 Å². The van der Waals surface area contributed by atoms with Crippen molar-refractivity contribution in [1.29, 1.82) is 5.26 Å². The SMILES string of the molecule is N#CCc1cc(Br)cc(C(=O)O)c1. The lowest BCUT2D eigenvalue weighted by Crippen LogP contribution is -1.97. The average molecular weight is 240 g/mol. The minimum absolute atomic E-state index is 0.194. The molecular formula is C9H6BrNO2. The number of nitriles is 1. The Kier molecular flexibility index (Phi) is 3.04. The summed E-state index contributed by atoms with van der Waals surface area (Å²) < 4.78 is 0.678. The molecule has 0 aliphatic rings. The highest BCUT2D eigenvalue weighted by atomic mass is 79.9. The van der Waals surface area contributed by atoms with Crippen LogP contribution in [-0.2, 0) is 6.42 Å². The Morgan fingerprint density at radius 2 is 2.23 bits per heavy atom. The van der Waals surface area contributed by atoms with Gasteiger partial charge in [-0.15, -0.1) is 0 Å². The van der Waals surface area contributed by atoms with Crippen molar-refractivity contribution in [2.75, 3.05) is 0 Å². The van der Waals surface area contributed by atoms with Gasteiger partial charge in [0.05, 0.1) is 18.1 Å². The molecule has 0 spiro atoms. The Balaban J connectivity index is 3.12. The highest BCUT2D eigenvalue weighted by molar-refractivity contribution is 9.10. The fourth-order valence-electron chi connectivity index (χ4n) is 0.967. The predicted octanol–water partition coefficient (Wildman–Crippen LogP) is 2.21. The number of carbonyl (C=O) groups is 1. The van der Waals surface area contributed by atoms with Crippen LogP contribution < -0.4 is 0 Å². The Morgan fingerprint density at radius 3 is 2.77 bits per heavy atom. The molecule has 1 aromatic carbocycles. The molecule has 0 bridgehead atoms. The summed E-state index contributed by atoms with van der Waals surface area (Å²) in [7, 11) is 0. The molecule has 3 nitrogen and oxygen atoms in total. The van der Waals surface area contributed by atoms with E-state index in [0.717, 1.165) is 0 Å². The maximum Gasteiger partial charge on any atom is 0.335 e. The second-order valence-electron chi connectivity index (χ2n) is 2.49. The molecule has 0 fully saturated rings. The van der Waals surface area contributed by atoms with Crippen molar-refractivity contribution < 1.29 is 9.90 Å². The molecule has 66 valence electrons. The van der Waals surface area contributed by atoms with E-state index in [4.69, 9.17) is 10.4 Å². The van der Waals surface area contributed by atoms with Crippen LogP contribution in [0.15, 0.2) is 22.7 Å². The number of nitrogens with zero attached hydrogens (tertiary/aromatic N) is 1. The van der Waals surface area contributed by atoms with Crippen molar-refractivity contribution in [3.63, 3.8) is 0 Å². The molecule has 0 radical (unpaired) electrons. The second kappa shape index (κ2) is 4.06. The van der Waals surface area contributed by atoms with E-state index in [0.29, 0.717) is 10.0 Å². The van der Waals surface area contributed by atoms with Gasteiger partial charge < -0.3 is 5.11 Å². The first-order valence-corrected chi connectivity index (χ1v) is 4.32. The molecule has 1 aromatic rings. The van der Waals surface area contributed by atoms with Crippen LogP contribution in [0.2, 0.25) is 0 Å². The molecule has 0 aromatic heterocycles. The highest BCUT2D eigenvalue weighted by Gasteiger charge is 2.05. The van der Waals surface area contributed by atoms with Crippen molar-refractivity contribution in [3.8, 4) is 6.07 Å². The normalized spacial score (nSPS) is 9.23. The fraction of sp³-hybridized carbons (Fsp3) is 0.111. The maximum atomic E-state index is 10.6. The van der Waals surface area contributed by atoms with Gasteiger partial charge in [-0.3, -0.25) is 0 Å². The summed E-state index contributed by atoms with van der Waals surface area (Å²) >= 11 is 3.18. The smallest absolute Gasteiger partial charge is 0.335 e. The van der Waals surface area contributed by atoms with Crippen molar-refractivity contribution >= 4 is 21.9 Å². The summed E-state index contributed by atoms with van der Waals surface area (Å²) in [5.41, 5.74) is 0.897. The van der Waals surface area contributed by atoms with E-state index >= 15 is 0 Å². The number of benzene rings is 1. The Labute approximate surface area is 83.7 Å². The zero-order valence-electron chi connectivity index (χ0n) is 6.62. The first-order chi connectivity index (χ1) is 6.13. The number of carboxylic acid groups (broad SMARTS) is 1. The summed E-state index contributed by atoms with van der Waals surface area (Å²) in [6.07, 6.45) is 0.222. The molecule has 1 N–H and O–H groups in total. The number of rotatable bonds is 2. The summed E-state index contributed by atoms with van der Waals surface area (Å²) in [5.74, 6) is -0.986. The first-order valence-electron chi connectivity index (χ1n) is 3.53. The van der Waals surface area contributed by atoms with Crippen LogP contribution in [0.5, 0.6) is 0 Å². The van der Waals surface area contributed by atoms with E-state index in [1.165, 1.54) is 12.1 Å². The Bertz CT molecular complexity index is 382. The van der Waals surface area contributed by atoms with Crippen molar-refractivity contribution in [3.05, 3.63) is 33.8 Å². The number of carboxylic acids is 1. The van der Waals surface area contributed by atoms with Crippen LogP contribution in [0.3, 0.4) is 0 Å². The van der Waals surface area contributed by atoms with Gasteiger partial charge in [0.2, 0.25) is 0 Å². The lowest BCUT2D eigenvalue weighted by Gasteiger charge is -1.99. The minimum atomic E-state index is -0.986. The molecule has 0 aliphatic heterocycles. The van der Waals surface area contributed by atoms with Crippen LogP contribution in [0.25, 0.3) is 0 Å². The molecule has 0 amide bonds. The Morgan fingerprint density at radius 1 is 1.54 bits per heavy atom. The molecule has 0 heterocycles. The van der Waals surface area contributed by atoms with E-state index in [-0.39, 0.29) is 12.0 Å². The largest absolute Gasteiger partial charge is 0.478 e. The standard InChI is InChI=1S/C9H6BrNO2/c10-8-4-6(1-2-11)3-7(5-8)9(12)13/h3-5H,1H2,(H,12,13). The third-order valence-electron chi connectivity index (χ3n) is 1.49. The number of aromatic carboxylic acids is 1. The topological polar surface area (TPSA) is 61.1 Å². The van der Waals surface area contributed by atoms with Gasteiger partial charge in [-0.25, -0.2) is 4.79 Å². The van der Waals surface area contributed by atoms with Gasteiger partial charge in [-0.1, -0.05) is 15.9 Å². The van der Waals surface area contributed by atoms with E-state index in [2.05, 4.69) is 15.9 Å². The van der Waals surface area contributed by atoms with E-state index < -0.39 is 5.97 Å². The van der Waals surface area contributed by atoms with E-state index in [1.807, 2.05) is 6.07 Å². The van der Waals surface area contributed by atoms with Gasteiger partial charge in [0, 0.05) is 4.47 Å². The monoisotopic (exact) mass is 239 g/mol. The molecule has 1 rings (SSSR count). The van der Waals surface area contributed by atoms with Crippen LogP contribution in [0.4, 0.5) is 0 Å². The third-order valence-corrected chi connectivity index (χ3v) is 1.95. The average Bonchev–Trinajstić information content (AvgIpc) is 2.03. The predicted molar refractivity (Wildman–Crippen MR) is 50.4 cm³/mol. The number of hydrogen-bond acceptors (Lipinski definition) is 2. The fourth-order valence-corrected chi connectivity index (χ4v) is 1.51. The summed E-state index contributed by atoms with van der Waals surface area (Å²) in [6.45, 7) is 0. The molecular weight excluding hydrogens is 234 g/mol.